The Morgan fingerprint density at radius 3 is 2.20 bits per heavy atom. The van der Waals surface area contributed by atoms with Gasteiger partial charge in [-0.25, -0.2) is 4.98 Å². The lowest BCUT2D eigenvalue weighted by Gasteiger charge is -2.34. The molecular formula is C17H25N5O3. The van der Waals surface area contributed by atoms with Gasteiger partial charge in [0.1, 0.15) is 6.26 Å². The fourth-order valence-corrected chi connectivity index (χ4v) is 2.74. The first-order valence-electron chi connectivity index (χ1n) is 8.47. The van der Waals surface area contributed by atoms with Crippen molar-refractivity contribution in [2.45, 2.75) is 26.3 Å². The minimum atomic E-state index is 0.311. The summed E-state index contributed by atoms with van der Waals surface area (Å²) in [7, 11) is 3.18. The Morgan fingerprint density at radius 2 is 1.68 bits per heavy atom. The molecule has 25 heavy (non-hydrogen) atoms. The summed E-state index contributed by atoms with van der Waals surface area (Å²) in [6.07, 6.45) is 1.76. The molecule has 0 amide bonds. The SMILES string of the molecule is COc1cc(OC)nc(N2CCN(Cc3coc(C(C)C)n3)CC2)n1. The van der Waals surface area contributed by atoms with Gasteiger partial charge < -0.3 is 18.8 Å². The predicted molar refractivity (Wildman–Crippen MR) is 93.2 cm³/mol. The number of oxazole rings is 1. The van der Waals surface area contributed by atoms with Crippen LogP contribution in [0.25, 0.3) is 0 Å². The molecule has 0 bridgehead atoms. The van der Waals surface area contributed by atoms with Crippen LogP contribution in [-0.2, 0) is 6.54 Å². The number of nitrogens with zero attached hydrogens (tertiary/aromatic N) is 5. The summed E-state index contributed by atoms with van der Waals surface area (Å²) in [5.41, 5.74) is 0.983. The van der Waals surface area contributed by atoms with Crippen molar-refractivity contribution in [2.24, 2.45) is 0 Å². The number of hydrogen-bond acceptors (Lipinski definition) is 8. The number of rotatable bonds is 6. The summed E-state index contributed by atoms with van der Waals surface area (Å²) in [4.78, 5) is 17.9. The van der Waals surface area contributed by atoms with Crippen LogP contribution in [0.4, 0.5) is 5.95 Å². The van der Waals surface area contributed by atoms with E-state index in [4.69, 9.17) is 13.9 Å². The van der Waals surface area contributed by atoms with Crippen molar-refractivity contribution in [3.8, 4) is 11.8 Å². The second-order valence-electron chi connectivity index (χ2n) is 6.35. The Hall–Kier alpha value is -2.35. The van der Waals surface area contributed by atoms with E-state index in [1.807, 2.05) is 0 Å². The third-order valence-corrected chi connectivity index (χ3v) is 4.19. The Labute approximate surface area is 147 Å². The Balaban J connectivity index is 1.59. The van der Waals surface area contributed by atoms with E-state index in [-0.39, 0.29) is 0 Å². The molecule has 0 unspecified atom stereocenters. The minimum Gasteiger partial charge on any atom is -0.481 e. The molecular weight excluding hydrogens is 322 g/mol. The van der Waals surface area contributed by atoms with Gasteiger partial charge in [-0.3, -0.25) is 4.90 Å². The highest BCUT2D eigenvalue weighted by Crippen LogP contribution is 2.21. The van der Waals surface area contributed by atoms with Gasteiger partial charge in [-0.1, -0.05) is 13.8 Å². The zero-order valence-corrected chi connectivity index (χ0v) is 15.2. The van der Waals surface area contributed by atoms with E-state index >= 15 is 0 Å². The van der Waals surface area contributed by atoms with Gasteiger partial charge in [-0.15, -0.1) is 0 Å². The third kappa shape index (κ3) is 4.19. The Bertz CT molecular complexity index is 673. The second-order valence-corrected chi connectivity index (χ2v) is 6.35. The minimum absolute atomic E-state index is 0.311. The van der Waals surface area contributed by atoms with Gasteiger partial charge in [-0.05, 0) is 0 Å². The Morgan fingerprint density at radius 1 is 1.04 bits per heavy atom. The largest absolute Gasteiger partial charge is 0.481 e. The normalized spacial score (nSPS) is 15.6. The molecule has 1 fully saturated rings. The lowest BCUT2D eigenvalue weighted by molar-refractivity contribution is 0.245. The molecule has 1 saturated heterocycles. The molecule has 2 aromatic heterocycles. The number of anilines is 1. The first-order chi connectivity index (χ1) is 12.1. The van der Waals surface area contributed by atoms with Crippen molar-refractivity contribution in [3.05, 3.63) is 23.9 Å². The van der Waals surface area contributed by atoms with Crippen LogP contribution < -0.4 is 14.4 Å². The average molecular weight is 347 g/mol. The van der Waals surface area contributed by atoms with Crippen molar-refractivity contribution in [3.63, 3.8) is 0 Å². The highest BCUT2D eigenvalue weighted by atomic mass is 16.5. The van der Waals surface area contributed by atoms with Crippen molar-refractivity contribution in [1.29, 1.82) is 0 Å². The van der Waals surface area contributed by atoms with Crippen LogP contribution in [0.5, 0.6) is 11.8 Å². The van der Waals surface area contributed by atoms with Gasteiger partial charge in [0.25, 0.3) is 0 Å². The molecule has 1 aliphatic rings. The van der Waals surface area contributed by atoms with Crippen LogP contribution in [0, 0.1) is 0 Å². The molecule has 2 aromatic rings. The molecule has 0 aromatic carbocycles. The number of aromatic nitrogens is 3. The average Bonchev–Trinajstić information content (AvgIpc) is 3.10. The van der Waals surface area contributed by atoms with Crippen LogP contribution in [0.1, 0.15) is 31.4 Å². The third-order valence-electron chi connectivity index (χ3n) is 4.19. The molecule has 0 spiro atoms. The summed E-state index contributed by atoms with van der Waals surface area (Å²) in [5.74, 6) is 2.76. The molecule has 0 saturated carbocycles. The highest BCUT2D eigenvalue weighted by molar-refractivity contribution is 5.37. The molecule has 0 radical (unpaired) electrons. The second kappa shape index (κ2) is 7.69. The summed E-state index contributed by atoms with van der Waals surface area (Å²) in [6, 6.07) is 1.68. The topological polar surface area (TPSA) is 76.8 Å². The van der Waals surface area contributed by atoms with Gasteiger partial charge in [0.15, 0.2) is 5.89 Å². The van der Waals surface area contributed by atoms with E-state index in [9.17, 15) is 0 Å². The quantitative estimate of drug-likeness (QED) is 0.784. The highest BCUT2D eigenvalue weighted by Gasteiger charge is 2.21. The number of methoxy groups -OCH3 is 2. The predicted octanol–water partition coefficient (Wildman–Crippen LogP) is 1.93. The summed E-state index contributed by atoms with van der Waals surface area (Å²) >= 11 is 0. The van der Waals surface area contributed by atoms with Crippen LogP contribution >= 0.6 is 0 Å². The maximum Gasteiger partial charge on any atom is 0.232 e. The van der Waals surface area contributed by atoms with E-state index in [0.717, 1.165) is 44.3 Å². The number of ether oxygens (including phenoxy) is 2. The van der Waals surface area contributed by atoms with Gasteiger partial charge in [-0.2, -0.15) is 9.97 Å². The molecule has 0 atom stereocenters. The zero-order chi connectivity index (χ0) is 17.8. The summed E-state index contributed by atoms with van der Waals surface area (Å²) < 4.78 is 16.0. The zero-order valence-electron chi connectivity index (χ0n) is 15.2. The summed E-state index contributed by atoms with van der Waals surface area (Å²) in [5, 5.41) is 0. The van der Waals surface area contributed by atoms with Gasteiger partial charge in [0.05, 0.1) is 26.0 Å². The molecule has 1 aliphatic heterocycles. The van der Waals surface area contributed by atoms with Crippen LogP contribution in [0.2, 0.25) is 0 Å². The molecule has 0 aliphatic carbocycles. The standard InChI is InChI=1S/C17H25N5O3/c1-12(2)16-18-13(11-25-16)10-21-5-7-22(8-6-21)17-19-14(23-3)9-15(20-17)24-4/h9,11-12H,5-8,10H2,1-4H3. The van der Waals surface area contributed by atoms with Crippen molar-refractivity contribution in [1.82, 2.24) is 19.9 Å². The molecule has 3 rings (SSSR count). The van der Waals surface area contributed by atoms with Gasteiger partial charge in [0, 0.05) is 38.6 Å². The van der Waals surface area contributed by atoms with Gasteiger partial charge in [0.2, 0.25) is 17.7 Å². The van der Waals surface area contributed by atoms with E-state index in [1.165, 1.54) is 0 Å². The maximum atomic E-state index is 5.51. The fraction of sp³-hybridized carbons (Fsp3) is 0.588. The number of piperazine rings is 1. The Kier molecular flexibility index (Phi) is 5.37. The van der Waals surface area contributed by atoms with E-state index in [1.54, 1.807) is 26.5 Å². The monoisotopic (exact) mass is 347 g/mol. The number of hydrogen-bond donors (Lipinski definition) is 0. The molecule has 8 heteroatoms. The van der Waals surface area contributed by atoms with Crippen LogP contribution in [0.15, 0.2) is 16.7 Å². The molecule has 0 N–H and O–H groups in total. The molecule has 136 valence electrons. The van der Waals surface area contributed by atoms with Crippen molar-refractivity contribution < 1.29 is 13.9 Å². The smallest absolute Gasteiger partial charge is 0.232 e. The van der Waals surface area contributed by atoms with E-state index in [0.29, 0.717) is 23.6 Å². The first kappa shape index (κ1) is 17.5. The lowest BCUT2D eigenvalue weighted by Crippen LogP contribution is -2.46. The molecule has 8 nitrogen and oxygen atoms in total. The fourth-order valence-electron chi connectivity index (χ4n) is 2.74. The first-order valence-corrected chi connectivity index (χ1v) is 8.47. The van der Waals surface area contributed by atoms with Crippen LogP contribution in [0.3, 0.4) is 0 Å². The van der Waals surface area contributed by atoms with Crippen molar-refractivity contribution >= 4 is 5.95 Å². The van der Waals surface area contributed by atoms with E-state index in [2.05, 4.69) is 38.6 Å². The van der Waals surface area contributed by atoms with Crippen molar-refractivity contribution in [2.75, 3.05) is 45.3 Å². The lowest BCUT2D eigenvalue weighted by atomic mass is 10.2. The van der Waals surface area contributed by atoms with Crippen LogP contribution in [-0.4, -0.2) is 60.3 Å². The van der Waals surface area contributed by atoms with Gasteiger partial charge >= 0.3 is 0 Å². The maximum absolute atomic E-state index is 5.51. The van der Waals surface area contributed by atoms with E-state index < -0.39 is 0 Å². The summed E-state index contributed by atoms with van der Waals surface area (Å²) in [6.45, 7) is 8.45. The molecule has 3 heterocycles.